The molecule has 4 heterocycles. The number of alkyl halides is 2. The zero-order valence-corrected chi connectivity index (χ0v) is 16.5. The van der Waals surface area contributed by atoms with Gasteiger partial charge in [0.05, 0.1) is 12.2 Å². The van der Waals surface area contributed by atoms with Gasteiger partial charge < -0.3 is 10.0 Å². The molecule has 1 aliphatic rings. The van der Waals surface area contributed by atoms with Crippen molar-refractivity contribution in [2.45, 2.75) is 37.2 Å². The Hall–Kier alpha value is -3.26. The fourth-order valence-electron chi connectivity index (χ4n) is 3.11. The van der Waals surface area contributed by atoms with Gasteiger partial charge in [-0.1, -0.05) is 0 Å². The molecule has 0 radical (unpaired) electrons. The summed E-state index contributed by atoms with van der Waals surface area (Å²) in [7, 11) is -4.22. The van der Waals surface area contributed by atoms with Crippen LogP contribution in [0, 0.1) is 5.82 Å². The molecule has 1 aliphatic heterocycles. The zero-order chi connectivity index (χ0) is 22.3. The number of carbonyl (C=O) groups is 1. The average molecular weight is 456 g/mol. The Bertz CT molecular complexity index is 1220. The van der Waals surface area contributed by atoms with Gasteiger partial charge in [-0.3, -0.25) is 14.5 Å². The van der Waals surface area contributed by atoms with Crippen molar-refractivity contribution in [1.29, 1.82) is 0 Å². The van der Waals surface area contributed by atoms with Gasteiger partial charge in [-0.2, -0.15) is 22.7 Å². The lowest BCUT2D eigenvalue weighted by Crippen LogP contribution is -2.32. The second-order valence-corrected chi connectivity index (χ2v) is 8.46. The van der Waals surface area contributed by atoms with Gasteiger partial charge in [-0.15, -0.1) is 0 Å². The lowest BCUT2D eigenvalue weighted by atomic mass is 10.2. The smallest absolute Gasteiger partial charge is 0.302 e. The van der Waals surface area contributed by atoms with Crippen molar-refractivity contribution in [1.82, 2.24) is 28.9 Å². The van der Waals surface area contributed by atoms with E-state index in [-0.39, 0.29) is 18.8 Å². The summed E-state index contributed by atoms with van der Waals surface area (Å²) in [6, 6.07) is 3.47. The maximum absolute atomic E-state index is 13.8. The molecule has 164 valence electrons. The molecule has 0 aromatic carbocycles. The minimum Gasteiger partial charge on any atom is -0.377 e. The molecule has 1 amide bonds. The zero-order valence-electron chi connectivity index (χ0n) is 15.6. The fraction of sp³-hybridized carbons (Fsp3) is 0.294. The number of amides is 1. The normalized spacial score (nSPS) is 14.8. The molecule has 1 atom stereocenters. The largest absolute Gasteiger partial charge is 0.377 e. The molecule has 0 aliphatic carbocycles. The Labute approximate surface area is 173 Å². The van der Waals surface area contributed by atoms with Crippen LogP contribution < -0.4 is 0 Å². The molecule has 4 rings (SSSR count). The minimum absolute atomic E-state index is 0.0605. The van der Waals surface area contributed by atoms with Crippen LogP contribution in [0.1, 0.15) is 23.1 Å². The van der Waals surface area contributed by atoms with E-state index in [4.69, 9.17) is 0 Å². The SMILES string of the molecule is O=C([C@@H](O)c1ncccc1F)N1Cc2cn(S(=O)(=O)c3ccn(CC(F)F)n3)nc2C1. The molecule has 0 unspecified atom stereocenters. The van der Waals surface area contributed by atoms with Crippen LogP contribution in [0.5, 0.6) is 0 Å². The molecule has 31 heavy (non-hydrogen) atoms. The van der Waals surface area contributed by atoms with Crippen molar-refractivity contribution in [3.63, 3.8) is 0 Å². The van der Waals surface area contributed by atoms with Crippen LogP contribution in [0.15, 0.2) is 41.8 Å². The minimum atomic E-state index is -4.22. The molecule has 0 saturated heterocycles. The second-order valence-electron chi connectivity index (χ2n) is 6.71. The molecule has 14 heteroatoms. The standard InChI is InChI=1S/C17H15F3N6O4S/c18-11-2-1-4-21-15(11)16(27)17(28)24-6-10-7-26(22-12(10)8-24)31(29,30)14-3-5-25(23-14)9-13(19)20/h1-5,7,13,16,27H,6,8-9H2/t16-/m0/s1. The highest BCUT2D eigenvalue weighted by Crippen LogP contribution is 2.27. The first-order chi connectivity index (χ1) is 14.7. The number of aliphatic hydroxyl groups excluding tert-OH is 1. The van der Waals surface area contributed by atoms with E-state index in [0.717, 1.165) is 23.0 Å². The van der Waals surface area contributed by atoms with Gasteiger partial charge in [0.25, 0.3) is 12.3 Å². The van der Waals surface area contributed by atoms with E-state index < -0.39 is 51.5 Å². The number of fused-ring (bicyclic) bond motifs is 1. The number of rotatable bonds is 6. The van der Waals surface area contributed by atoms with Gasteiger partial charge in [0.15, 0.2) is 11.1 Å². The van der Waals surface area contributed by atoms with Crippen LogP contribution in [0.4, 0.5) is 13.2 Å². The highest BCUT2D eigenvalue weighted by atomic mass is 32.2. The number of aliphatic hydroxyl groups is 1. The molecule has 3 aromatic rings. The molecular weight excluding hydrogens is 441 g/mol. The second kappa shape index (κ2) is 7.77. The summed E-state index contributed by atoms with van der Waals surface area (Å²) in [6.45, 7) is -0.918. The monoisotopic (exact) mass is 456 g/mol. The van der Waals surface area contributed by atoms with E-state index in [2.05, 4.69) is 15.2 Å². The third-order valence-corrected chi connectivity index (χ3v) is 6.03. The van der Waals surface area contributed by atoms with Crippen molar-refractivity contribution in [3.05, 3.63) is 59.6 Å². The van der Waals surface area contributed by atoms with E-state index in [1.165, 1.54) is 23.4 Å². The molecule has 1 N–H and O–H groups in total. The van der Waals surface area contributed by atoms with Crippen molar-refractivity contribution in [3.8, 4) is 0 Å². The first-order valence-electron chi connectivity index (χ1n) is 8.88. The molecule has 3 aromatic heterocycles. The van der Waals surface area contributed by atoms with E-state index in [1.807, 2.05) is 0 Å². The number of hydrogen-bond donors (Lipinski definition) is 1. The third kappa shape index (κ3) is 3.90. The Morgan fingerprint density at radius 2 is 2.00 bits per heavy atom. The van der Waals surface area contributed by atoms with Crippen LogP contribution in [-0.2, 0) is 34.5 Å². The molecule has 10 nitrogen and oxygen atoms in total. The summed E-state index contributed by atoms with van der Waals surface area (Å²) in [5.41, 5.74) is 0.249. The van der Waals surface area contributed by atoms with Crippen LogP contribution in [0.3, 0.4) is 0 Å². The summed E-state index contributed by atoms with van der Waals surface area (Å²) < 4.78 is 65.4. The van der Waals surface area contributed by atoms with Gasteiger partial charge in [-0.25, -0.2) is 13.2 Å². The predicted molar refractivity (Wildman–Crippen MR) is 96.5 cm³/mol. The lowest BCUT2D eigenvalue weighted by Gasteiger charge is -2.19. The van der Waals surface area contributed by atoms with Crippen LogP contribution >= 0.6 is 0 Å². The van der Waals surface area contributed by atoms with Gasteiger partial charge in [0.2, 0.25) is 0 Å². The van der Waals surface area contributed by atoms with Crippen LogP contribution in [0.2, 0.25) is 0 Å². The van der Waals surface area contributed by atoms with Crippen LogP contribution in [-0.4, -0.2) is 54.7 Å². The van der Waals surface area contributed by atoms with Gasteiger partial charge in [0.1, 0.15) is 18.1 Å². The number of pyridine rings is 1. The van der Waals surface area contributed by atoms with Crippen LogP contribution in [0.25, 0.3) is 0 Å². The Kier molecular flexibility index (Phi) is 5.26. The molecule has 0 saturated carbocycles. The predicted octanol–water partition coefficient (Wildman–Crippen LogP) is 0.692. The van der Waals surface area contributed by atoms with E-state index in [1.54, 1.807) is 0 Å². The summed E-state index contributed by atoms with van der Waals surface area (Å²) in [4.78, 5) is 17.4. The summed E-state index contributed by atoms with van der Waals surface area (Å²) in [5, 5.41) is 17.3. The number of carbonyl (C=O) groups excluding carboxylic acids is 1. The van der Waals surface area contributed by atoms with Crippen molar-refractivity contribution >= 4 is 15.9 Å². The van der Waals surface area contributed by atoms with Gasteiger partial charge in [0, 0.05) is 30.7 Å². The number of aromatic nitrogens is 5. The van der Waals surface area contributed by atoms with E-state index >= 15 is 0 Å². The number of nitrogens with zero attached hydrogens (tertiary/aromatic N) is 6. The first-order valence-corrected chi connectivity index (χ1v) is 10.3. The van der Waals surface area contributed by atoms with E-state index in [9.17, 15) is 31.5 Å². The molecular formula is C17H15F3N6O4S. The molecule has 0 spiro atoms. The van der Waals surface area contributed by atoms with Crippen molar-refractivity contribution < 1.29 is 31.5 Å². The van der Waals surface area contributed by atoms with Gasteiger partial charge in [-0.05, 0) is 18.2 Å². The number of halogens is 3. The highest BCUT2D eigenvalue weighted by Gasteiger charge is 2.34. The average Bonchev–Trinajstić information content (AvgIpc) is 3.41. The third-order valence-electron chi connectivity index (χ3n) is 4.60. The lowest BCUT2D eigenvalue weighted by molar-refractivity contribution is -0.141. The molecule has 0 fully saturated rings. The van der Waals surface area contributed by atoms with Crippen molar-refractivity contribution in [2.75, 3.05) is 0 Å². The Balaban J connectivity index is 1.50. The number of hydrogen-bond acceptors (Lipinski definition) is 7. The maximum atomic E-state index is 13.8. The molecule has 0 bridgehead atoms. The first kappa shape index (κ1) is 21.0. The van der Waals surface area contributed by atoms with Gasteiger partial charge >= 0.3 is 10.0 Å². The van der Waals surface area contributed by atoms with E-state index in [0.29, 0.717) is 9.65 Å². The Morgan fingerprint density at radius 3 is 2.68 bits per heavy atom. The summed E-state index contributed by atoms with van der Waals surface area (Å²) >= 11 is 0. The summed E-state index contributed by atoms with van der Waals surface area (Å²) in [5.74, 6) is -1.64. The summed E-state index contributed by atoms with van der Waals surface area (Å²) in [6.07, 6.45) is -0.972. The maximum Gasteiger partial charge on any atom is 0.302 e. The quantitative estimate of drug-likeness (QED) is 0.579. The highest BCUT2D eigenvalue weighted by molar-refractivity contribution is 7.89. The van der Waals surface area contributed by atoms with Crippen molar-refractivity contribution in [2.24, 2.45) is 0 Å². The Morgan fingerprint density at radius 1 is 1.23 bits per heavy atom. The fourth-order valence-corrected chi connectivity index (χ4v) is 4.22. The topological polar surface area (TPSA) is 123 Å².